The minimum absolute atomic E-state index is 0.672. The predicted octanol–water partition coefficient (Wildman–Crippen LogP) is 0.697. The van der Waals surface area contributed by atoms with Crippen molar-refractivity contribution in [2.75, 3.05) is 27.2 Å². The van der Waals surface area contributed by atoms with E-state index in [1.165, 1.54) is 0 Å². The molecule has 2 N–H and O–H groups in total. The molecule has 0 saturated heterocycles. The van der Waals surface area contributed by atoms with Crippen LogP contribution in [0.4, 0.5) is 0 Å². The summed E-state index contributed by atoms with van der Waals surface area (Å²) < 4.78 is 0. The molecule has 0 saturated carbocycles. The summed E-state index contributed by atoms with van der Waals surface area (Å²) in [5.41, 5.74) is -1.99. The minimum atomic E-state index is -0.995. The van der Waals surface area contributed by atoms with E-state index in [-0.39, 0.29) is 0 Å². The molecule has 0 aliphatic rings. The van der Waals surface area contributed by atoms with E-state index in [2.05, 4.69) is 4.90 Å². The fourth-order valence-electron chi connectivity index (χ4n) is 1.76. The maximum Gasteiger partial charge on any atom is 0.115 e. The van der Waals surface area contributed by atoms with Crippen molar-refractivity contribution >= 4 is 0 Å². The number of rotatable bonds is 6. The van der Waals surface area contributed by atoms with Gasteiger partial charge in [0.25, 0.3) is 0 Å². The molecule has 0 heterocycles. The second-order valence-corrected chi connectivity index (χ2v) is 5.30. The monoisotopic (exact) mass is 218 g/mol. The summed E-state index contributed by atoms with van der Waals surface area (Å²) in [6, 6.07) is 0. The zero-order chi connectivity index (χ0) is 12.3. The minimum Gasteiger partial charge on any atom is -0.376 e. The summed E-state index contributed by atoms with van der Waals surface area (Å²) in [5.74, 6) is 0. The molecule has 0 fully saturated rings. The largest absolute Gasteiger partial charge is 0.376 e. The first-order valence-corrected chi connectivity index (χ1v) is 5.42. The second kappa shape index (κ2) is 5.25. The van der Waals surface area contributed by atoms with E-state index < -0.39 is 11.4 Å². The summed E-state index contributed by atoms with van der Waals surface area (Å²) in [4.78, 5) is 3.79. The molecule has 0 aromatic heterocycles. The highest BCUT2D eigenvalue weighted by Crippen LogP contribution is 2.21. The molecular formula is C11H26N2O2. The predicted molar refractivity (Wildman–Crippen MR) is 62.5 cm³/mol. The smallest absolute Gasteiger partial charge is 0.115 e. The zero-order valence-electron chi connectivity index (χ0n) is 10.9. The molecule has 0 radical (unpaired) electrons. The molecule has 15 heavy (non-hydrogen) atoms. The van der Waals surface area contributed by atoms with Crippen LogP contribution in [0.1, 0.15) is 34.1 Å². The maximum atomic E-state index is 9.93. The van der Waals surface area contributed by atoms with Gasteiger partial charge >= 0.3 is 0 Å². The average molecular weight is 218 g/mol. The van der Waals surface area contributed by atoms with Gasteiger partial charge in [-0.05, 0) is 54.8 Å². The summed E-state index contributed by atoms with van der Waals surface area (Å²) in [5, 5.41) is 19.9. The lowest BCUT2D eigenvalue weighted by molar-refractivity contribution is -0.200. The quantitative estimate of drug-likeness (QED) is 0.644. The van der Waals surface area contributed by atoms with E-state index in [1.807, 2.05) is 14.1 Å². The summed E-state index contributed by atoms with van der Waals surface area (Å²) in [6.45, 7) is 8.40. The molecule has 0 rings (SSSR count). The highest BCUT2D eigenvalue weighted by Gasteiger charge is 2.34. The molecule has 4 nitrogen and oxygen atoms in total. The second-order valence-electron chi connectivity index (χ2n) is 5.30. The maximum absolute atomic E-state index is 9.93. The molecule has 0 bridgehead atoms. The van der Waals surface area contributed by atoms with E-state index >= 15 is 0 Å². The molecule has 0 aromatic carbocycles. The van der Waals surface area contributed by atoms with E-state index in [0.717, 1.165) is 13.0 Å². The van der Waals surface area contributed by atoms with Crippen molar-refractivity contribution in [3.05, 3.63) is 0 Å². The third kappa shape index (κ3) is 6.10. The molecule has 0 aliphatic carbocycles. The van der Waals surface area contributed by atoms with Gasteiger partial charge in [-0.1, -0.05) is 0 Å². The van der Waals surface area contributed by atoms with Crippen LogP contribution >= 0.6 is 0 Å². The Morgan fingerprint density at radius 1 is 0.867 bits per heavy atom. The van der Waals surface area contributed by atoms with Crippen molar-refractivity contribution in [2.45, 2.75) is 45.6 Å². The lowest BCUT2D eigenvalue weighted by Gasteiger charge is -2.42. The zero-order valence-corrected chi connectivity index (χ0v) is 10.9. The lowest BCUT2D eigenvalue weighted by Crippen LogP contribution is -2.56. The van der Waals surface area contributed by atoms with Gasteiger partial charge in [0.2, 0.25) is 0 Å². The third-order valence-corrected chi connectivity index (χ3v) is 2.31. The molecule has 92 valence electrons. The van der Waals surface area contributed by atoms with Gasteiger partial charge in [0.05, 0.1) is 0 Å². The van der Waals surface area contributed by atoms with E-state index in [4.69, 9.17) is 0 Å². The fourth-order valence-corrected chi connectivity index (χ4v) is 1.76. The van der Waals surface area contributed by atoms with Gasteiger partial charge < -0.3 is 15.1 Å². The van der Waals surface area contributed by atoms with Crippen LogP contribution in [0.2, 0.25) is 0 Å². The highest BCUT2D eigenvalue weighted by molar-refractivity contribution is 4.78. The van der Waals surface area contributed by atoms with Gasteiger partial charge in [-0.2, -0.15) is 0 Å². The van der Waals surface area contributed by atoms with Gasteiger partial charge in [-0.25, -0.2) is 4.90 Å². The van der Waals surface area contributed by atoms with E-state index in [0.29, 0.717) is 6.54 Å². The Morgan fingerprint density at radius 2 is 1.27 bits per heavy atom. The van der Waals surface area contributed by atoms with Crippen LogP contribution in [-0.2, 0) is 0 Å². The van der Waals surface area contributed by atoms with E-state index in [1.54, 1.807) is 32.6 Å². The molecule has 0 atom stereocenters. The van der Waals surface area contributed by atoms with Crippen molar-refractivity contribution in [2.24, 2.45) is 0 Å². The van der Waals surface area contributed by atoms with Crippen molar-refractivity contribution in [3.8, 4) is 0 Å². The summed E-state index contributed by atoms with van der Waals surface area (Å²) in [7, 11) is 4.02. The first-order chi connectivity index (χ1) is 6.55. The van der Waals surface area contributed by atoms with Gasteiger partial charge in [0.1, 0.15) is 11.4 Å². The molecule has 0 spiro atoms. The molecule has 0 unspecified atom stereocenters. The van der Waals surface area contributed by atoms with Crippen LogP contribution in [-0.4, -0.2) is 58.6 Å². The summed E-state index contributed by atoms with van der Waals surface area (Å²) >= 11 is 0. The van der Waals surface area contributed by atoms with Crippen LogP contribution in [0.15, 0.2) is 0 Å². The first kappa shape index (κ1) is 14.8. The Kier molecular flexibility index (Phi) is 5.20. The number of hydrogen-bond donors (Lipinski definition) is 2. The standard InChI is InChI=1S/C11H26N2O2/c1-10(2,14)13(11(3,4)15)9-7-8-12(5)6/h14-15H,7-9H2,1-6H3. The van der Waals surface area contributed by atoms with Gasteiger partial charge in [-0.15, -0.1) is 0 Å². The Morgan fingerprint density at radius 3 is 1.53 bits per heavy atom. The Hall–Kier alpha value is -0.160. The molecule has 0 aliphatic heterocycles. The van der Waals surface area contributed by atoms with Crippen molar-refractivity contribution in [1.82, 2.24) is 9.80 Å². The topological polar surface area (TPSA) is 46.9 Å². The van der Waals surface area contributed by atoms with Crippen LogP contribution in [0.25, 0.3) is 0 Å². The van der Waals surface area contributed by atoms with Gasteiger partial charge in [0, 0.05) is 6.54 Å². The Bertz CT molecular complexity index is 166. The van der Waals surface area contributed by atoms with Crippen LogP contribution in [0, 0.1) is 0 Å². The SMILES string of the molecule is CN(C)CCCN(C(C)(C)O)C(C)(C)O. The normalized spacial score (nSPS) is 14.0. The molecule has 4 heteroatoms. The van der Waals surface area contributed by atoms with Crippen LogP contribution in [0.5, 0.6) is 0 Å². The number of hydrogen-bond acceptors (Lipinski definition) is 4. The number of aliphatic hydroxyl groups is 2. The Balaban J connectivity index is 4.29. The fraction of sp³-hybridized carbons (Fsp3) is 1.00. The molecule has 0 amide bonds. The third-order valence-electron chi connectivity index (χ3n) is 2.31. The van der Waals surface area contributed by atoms with Gasteiger partial charge in [0.15, 0.2) is 0 Å². The van der Waals surface area contributed by atoms with Crippen LogP contribution < -0.4 is 0 Å². The number of nitrogens with zero attached hydrogens (tertiary/aromatic N) is 2. The lowest BCUT2D eigenvalue weighted by atomic mass is 10.1. The summed E-state index contributed by atoms with van der Waals surface area (Å²) in [6.07, 6.45) is 0.918. The first-order valence-electron chi connectivity index (χ1n) is 5.42. The van der Waals surface area contributed by atoms with Crippen LogP contribution in [0.3, 0.4) is 0 Å². The molecule has 0 aromatic rings. The average Bonchev–Trinajstić information content (AvgIpc) is 1.92. The van der Waals surface area contributed by atoms with Crippen molar-refractivity contribution < 1.29 is 10.2 Å². The van der Waals surface area contributed by atoms with Gasteiger partial charge in [-0.3, -0.25) is 0 Å². The highest BCUT2D eigenvalue weighted by atomic mass is 16.3. The molecular weight excluding hydrogens is 192 g/mol. The Labute approximate surface area is 93.5 Å². The van der Waals surface area contributed by atoms with Crippen molar-refractivity contribution in [1.29, 1.82) is 0 Å². The van der Waals surface area contributed by atoms with E-state index in [9.17, 15) is 10.2 Å². The van der Waals surface area contributed by atoms with Crippen molar-refractivity contribution in [3.63, 3.8) is 0 Å².